The molecule has 2 atom stereocenters. The predicted molar refractivity (Wildman–Crippen MR) is 65.2 cm³/mol. The van der Waals surface area contributed by atoms with Gasteiger partial charge in [0.2, 0.25) is 0 Å². The van der Waals surface area contributed by atoms with E-state index in [0.717, 1.165) is 0 Å². The molecule has 0 radical (unpaired) electrons. The van der Waals surface area contributed by atoms with Crippen molar-refractivity contribution in [2.75, 3.05) is 38.1 Å². The Hall–Kier alpha value is 0.650. The maximum absolute atomic E-state index is 12.4. The van der Waals surface area contributed by atoms with Gasteiger partial charge in [-0.1, -0.05) is 0 Å². The molecule has 96 valence electrons. The lowest BCUT2D eigenvalue weighted by Gasteiger charge is -2.36. The summed E-state index contributed by atoms with van der Waals surface area (Å²) in [4.78, 5) is 0. The maximum Gasteiger partial charge on any atom is 0.343 e. The molecule has 5 nitrogen and oxygen atoms in total. The van der Waals surface area contributed by atoms with Crippen molar-refractivity contribution in [3.63, 3.8) is 0 Å². The van der Waals surface area contributed by atoms with Gasteiger partial charge in [-0.25, -0.2) is 9.76 Å². The van der Waals surface area contributed by atoms with E-state index in [9.17, 15) is 4.57 Å². The standard InChI is InChI=1S/C8H17Cl2N2O3P/c9-2-4-12(5-3-10)16(14)11-8(7-13)1-6-15-16/h8,13H,1-7H2,(H,11,14). The fourth-order valence-corrected chi connectivity index (χ4v) is 4.31. The van der Waals surface area contributed by atoms with Crippen LogP contribution in [0.3, 0.4) is 0 Å². The van der Waals surface area contributed by atoms with Gasteiger partial charge in [-0.05, 0) is 6.42 Å². The van der Waals surface area contributed by atoms with Crippen molar-refractivity contribution in [1.82, 2.24) is 9.76 Å². The summed E-state index contributed by atoms with van der Waals surface area (Å²) >= 11 is 11.3. The number of hydrogen-bond acceptors (Lipinski definition) is 3. The van der Waals surface area contributed by atoms with Crippen LogP contribution in [0.5, 0.6) is 0 Å². The summed E-state index contributed by atoms with van der Waals surface area (Å²) in [6.07, 6.45) is 0.649. The number of halogens is 2. The Balaban J connectivity index is 2.67. The average Bonchev–Trinajstić information content (AvgIpc) is 2.29. The van der Waals surface area contributed by atoms with E-state index >= 15 is 0 Å². The summed E-state index contributed by atoms with van der Waals surface area (Å²) in [5.41, 5.74) is 0. The number of nitrogens with one attached hydrogen (secondary N) is 1. The van der Waals surface area contributed by atoms with Crippen LogP contribution in [0.4, 0.5) is 0 Å². The molecule has 8 heteroatoms. The number of aliphatic hydroxyl groups excluding tert-OH is 1. The summed E-state index contributed by atoms with van der Waals surface area (Å²) in [5.74, 6) is 0.714. The Morgan fingerprint density at radius 3 is 2.56 bits per heavy atom. The molecule has 0 aromatic carbocycles. The molecule has 0 aromatic rings. The van der Waals surface area contributed by atoms with E-state index in [2.05, 4.69) is 5.09 Å². The van der Waals surface area contributed by atoms with Crippen molar-refractivity contribution >= 4 is 30.9 Å². The quantitative estimate of drug-likeness (QED) is 0.569. The average molecular weight is 291 g/mol. The zero-order chi connectivity index (χ0) is 12.0. The molecule has 0 aromatic heterocycles. The summed E-state index contributed by atoms with van der Waals surface area (Å²) < 4.78 is 19.4. The first kappa shape index (κ1) is 14.7. The minimum atomic E-state index is -3.07. The predicted octanol–water partition coefficient (Wildman–Crippen LogP) is 1.24. The normalized spacial score (nSPS) is 30.9. The molecule has 1 heterocycles. The lowest BCUT2D eigenvalue weighted by atomic mass is 10.2. The Bertz CT molecular complexity index is 251. The molecule has 0 bridgehead atoms. The first-order valence-corrected chi connectivity index (χ1v) is 7.81. The molecule has 0 spiro atoms. The second-order valence-electron chi connectivity index (χ2n) is 3.48. The molecule has 1 aliphatic heterocycles. The van der Waals surface area contributed by atoms with Crippen LogP contribution >= 0.6 is 30.9 Å². The SMILES string of the molecule is O=P1(N(CCCl)CCCl)NC(CO)CCO1. The highest BCUT2D eigenvalue weighted by Gasteiger charge is 2.36. The van der Waals surface area contributed by atoms with Crippen molar-refractivity contribution in [2.45, 2.75) is 12.5 Å². The number of hydrogen-bond donors (Lipinski definition) is 2. The summed E-state index contributed by atoms with van der Waals surface area (Å²) in [6.45, 7) is 1.20. The Morgan fingerprint density at radius 2 is 2.06 bits per heavy atom. The Morgan fingerprint density at radius 1 is 1.44 bits per heavy atom. The van der Waals surface area contributed by atoms with Crippen LogP contribution < -0.4 is 5.09 Å². The zero-order valence-electron chi connectivity index (χ0n) is 8.94. The van der Waals surface area contributed by atoms with E-state index in [1.165, 1.54) is 0 Å². The van der Waals surface area contributed by atoms with Gasteiger partial charge in [0.05, 0.1) is 13.2 Å². The van der Waals surface area contributed by atoms with Gasteiger partial charge in [-0.2, -0.15) is 0 Å². The Kier molecular flexibility index (Phi) is 6.59. The first-order chi connectivity index (χ1) is 7.66. The van der Waals surface area contributed by atoms with Crippen molar-refractivity contribution in [2.24, 2.45) is 0 Å². The number of alkyl halides is 2. The van der Waals surface area contributed by atoms with Gasteiger partial charge in [0.1, 0.15) is 0 Å². The van der Waals surface area contributed by atoms with E-state index in [0.29, 0.717) is 37.9 Å². The molecule has 0 amide bonds. The lowest BCUT2D eigenvalue weighted by molar-refractivity contribution is 0.171. The fourth-order valence-electron chi connectivity index (χ4n) is 1.52. The van der Waals surface area contributed by atoms with Crippen LogP contribution in [-0.4, -0.2) is 53.9 Å². The van der Waals surface area contributed by atoms with E-state index in [4.69, 9.17) is 32.8 Å². The van der Waals surface area contributed by atoms with Gasteiger partial charge in [-0.3, -0.25) is 4.57 Å². The van der Waals surface area contributed by atoms with E-state index in [1.807, 2.05) is 0 Å². The molecule has 0 aliphatic carbocycles. The van der Waals surface area contributed by atoms with Crippen molar-refractivity contribution < 1.29 is 14.2 Å². The fraction of sp³-hybridized carbons (Fsp3) is 1.00. The smallest absolute Gasteiger partial charge is 0.343 e. The zero-order valence-corrected chi connectivity index (χ0v) is 11.3. The Labute approximate surface area is 106 Å². The van der Waals surface area contributed by atoms with E-state index in [1.54, 1.807) is 4.67 Å². The topological polar surface area (TPSA) is 61.8 Å². The molecule has 1 rings (SSSR count). The molecule has 2 unspecified atom stereocenters. The molecule has 16 heavy (non-hydrogen) atoms. The van der Waals surface area contributed by atoms with Crippen LogP contribution in [0.1, 0.15) is 6.42 Å². The summed E-state index contributed by atoms with van der Waals surface area (Å²) in [5, 5.41) is 11.9. The summed E-state index contributed by atoms with van der Waals surface area (Å²) in [7, 11) is -3.07. The lowest BCUT2D eigenvalue weighted by Crippen LogP contribution is -2.42. The van der Waals surface area contributed by atoms with Crippen LogP contribution in [0.15, 0.2) is 0 Å². The first-order valence-electron chi connectivity index (χ1n) is 5.17. The molecule has 2 N–H and O–H groups in total. The number of nitrogens with zero attached hydrogens (tertiary/aromatic N) is 1. The molecule has 1 fully saturated rings. The molecule has 1 saturated heterocycles. The third kappa shape index (κ3) is 3.84. The second-order valence-corrected chi connectivity index (χ2v) is 6.36. The van der Waals surface area contributed by atoms with Gasteiger partial charge in [0.15, 0.2) is 0 Å². The third-order valence-electron chi connectivity index (χ3n) is 2.36. The van der Waals surface area contributed by atoms with Crippen molar-refractivity contribution in [1.29, 1.82) is 0 Å². The summed E-state index contributed by atoms with van der Waals surface area (Å²) in [6, 6.07) is -0.187. The number of aliphatic hydroxyl groups is 1. The van der Waals surface area contributed by atoms with Gasteiger partial charge in [0.25, 0.3) is 0 Å². The van der Waals surface area contributed by atoms with Crippen molar-refractivity contribution in [3.8, 4) is 0 Å². The molecular formula is C8H17Cl2N2O3P. The maximum atomic E-state index is 12.4. The second kappa shape index (κ2) is 7.17. The largest absolute Gasteiger partial charge is 0.395 e. The monoisotopic (exact) mass is 290 g/mol. The van der Waals surface area contributed by atoms with Crippen LogP contribution in [0.2, 0.25) is 0 Å². The molecular weight excluding hydrogens is 274 g/mol. The van der Waals surface area contributed by atoms with E-state index < -0.39 is 7.67 Å². The van der Waals surface area contributed by atoms with Crippen LogP contribution in [-0.2, 0) is 9.09 Å². The molecule has 1 aliphatic rings. The van der Waals surface area contributed by atoms with Gasteiger partial charge in [0, 0.05) is 30.9 Å². The molecule has 0 saturated carbocycles. The van der Waals surface area contributed by atoms with Gasteiger partial charge in [-0.15, -0.1) is 23.2 Å². The van der Waals surface area contributed by atoms with Crippen LogP contribution in [0.25, 0.3) is 0 Å². The highest BCUT2D eigenvalue weighted by molar-refractivity contribution is 7.54. The third-order valence-corrected chi connectivity index (χ3v) is 5.06. The van der Waals surface area contributed by atoms with Crippen molar-refractivity contribution in [3.05, 3.63) is 0 Å². The minimum absolute atomic E-state index is 0.0526. The number of rotatable bonds is 6. The van der Waals surface area contributed by atoms with Crippen LogP contribution in [0, 0.1) is 0 Å². The minimum Gasteiger partial charge on any atom is -0.395 e. The van der Waals surface area contributed by atoms with E-state index in [-0.39, 0.29) is 12.6 Å². The van der Waals surface area contributed by atoms with Gasteiger partial charge < -0.3 is 9.63 Å². The van der Waals surface area contributed by atoms with Gasteiger partial charge >= 0.3 is 7.67 Å². The highest BCUT2D eigenvalue weighted by atomic mass is 35.5. The highest BCUT2D eigenvalue weighted by Crippen LogP contribution is 2.49.